The van der Waals surface area contributed by atoms with Crippen molar-refractivity contribution in [2.24, 2.45) is 0 Å². The molecule has 0 fully saturated rings. The van der Waals surface area contributed by atoms with Crippen molar-refractivity contribution >= 4 is 39.1 Å². The Bertz CT molecular complexity index is 1140. The van der Waals surface area contributed by atoms with Crippen LogP contribution in [0.5, 0.6) is 0 Å². The maximum absolute atomic E-state index is 13.6. The lowest BCUT2D eigenvalue weighted by molar-refractivity contribution is -0.133. The van der Waals surface area contributed by atoms with Crippen molar-refractivity contribution in [3.05, 3.63) is 104 Å². The Morgan fingerprint density at radius 3 is 2.72 bits per heavy atom. The van der Waals surface area contributed by atoms with Crippen LogP contribution in [-0.2, 0) is 11.2 Å². The molecular weight excluding hydrogens is 484 g/mol. The summed E-state index contributed by atoms with van der Waals surface area (Å²) in [6.45, 7) is 6.80. The Labute approximate surface area is 201 Å². The summed E-state index contributed by atoms with van der Waals surface area (Å²) in [5.41, 5.74) is 4.01. The average molecular weight is 509 g/mol. The summed E-state index contributed by atoms with van der Waals surface area (Å²) in [7, 11) is 0. The minimum atomic E-state index is -0.181. The van der Waals surface area contributed by atoms with E-state index in [1.807, 2.05) is 17.0 Å². The van der Waals surface area contributed by atoms with Crippen LogP contribution in [0.3, 0.4) is 0 Å². The molecule has 0 N–H and O–H groups in total. The zero-order chi connectivity index (χ0) is 22.7. The van der Waals surface area contributed by atoms with Gasteiger partial charge in [-0.2, -0.15) is 0 Å². The number of amides is 2. The van der Waals surface area contributed by atoms with Gasteiger partial charge in [-0.1, -0.05) is 57.9 Å². The van der Waals surface area contributed by atoms with Gasteiger partial charge in [-0.25, -0.2) is 0 Å². The molecule has 32 heavy (non-hydrogen) atoms. The molecule has 0 spiro atoms. The minimum absolute atomic E-state index is 0.0131. The number of benzene rings is 2. The lowest BCUT2D eigenvalue weighted by Crippen LogP contribution is -2.46. The first-order valence-electron chi connectivity index (χ1n) is 10.6. The highest BCUT2D eigenvalue weighted by Gasteiger charge is 2.34. The zero-order valence-electron chi connectivity index (χ0n) is 18.0. The molecule has 1 atom stereocenters. The van der Waals surface area contributed by atoms with Crippen molar-refractivity contribution in [3.8, 4) is 0 Å². The highest BCUT2D eigenvalue weighted by atomic mass is 79.9. The van der Waals surface area contributed by atoms with Gasteiger partial charge < -0.3 is 9.80 Å². The lowest BCUT2D eigenvalue weighted by Gasteiger charge is -2.37. The molecule has 0 saturated carbocycles. The third-order valence-corrected chi connectivity index (χ3v) is 7.20. The van der Waals surface area contributed by atoms with E-state index in [2.05, 4.69) is 65.1 Å². The van der Waals surface area contributed by atoms with Gasteiger partial charge in [-0.05, 0) is 54.1 Å². The highest BCUT2D eigenvalue weighted by molar-refractivity contribution is 9.10. The van der Waals surface area contributed by atoms with E-state index in [4.69, 9.17) is 0 Å². The fraction of sp³-hybridized carbons (Fsp3) is 0.231. The molecular formula is C26H25BrN2O2S. The molecule has 3 aromatic rings. The SMILES string of the molecule is C=CCN(CC(=O)N1CCc2sccc2C1c1ccc(C)cc1)C(=O)c1cccc(Br)c1. The molecule has 0 aliphatic carbocycles. The van der Waals surface area contributed by atoms with Crippen LogP contribution in [0.1, 0.15) is 38.0 Å². The van der Waals surface area contributed by atoms with Crippen LogP contribution >= 0.6 is 27.3 Å². The Morgan fingerprint density at radius 1 is 1.22 bits per heavy atom. The summed E-state index contributed by atoms with van der Waals surface area (Å²) in [6.07, 6.45) is 2.50. The number of hydrogen-bond donors (Lipinski definition) is 0. The fourth-order valence-electron chi connectivity index (χ4n) is 4.13. The number of rotatable bonds is 6. The quantitative estimate of drug-likeness (QED) is 0.405. The summed E-state index contributed by atoms with van der Waals surface area (Å²) in [5, 5.41) is 2.10. The first-order chi connectivity index (χ1) is 15.5. The Kier molecular flexibility index (Phi) is 6.92. The van der Waals surface area contributed by atoms with Crippen LogP contribution in [0.4, 0.5) is 0 Å². The molecule has 2 heterocycles. The standard InChI is InChI=1S/C26H25BrN2O2S/c1-3-13-28(26(31)20-5-4-6-21(27)16-20)17-24(30)29-14-11-23-22(12-15-32-23)25(29)19-9-7-18(2)8-10-19/h3-10,12,15-16,25H,1,11,13-14,17H2,2H3. The number of carbonyl (C=O) groups is 2. The van der Waals surface area contributed by atoms with Crippen molar-refractivity contribution < 1.29 is 9.59 Å². The highest BCUT2D eigenvalue weighted by Crippen LogP contribution is 2.38. The maximum Gasteiger partial charge on any atom is 0.254 e. The Hall–Kier alpha value is -2.70. The molecule has 2 amide bonds. The second-order valence-corrected chi connectivity index (χ2v) is 9.85. The van der Waals surface area contributed by atoms with Crippen molar-refractivity contribution in [2.45, 2.75) is 19.4 Å². The van der Waals surface area contributed by atoms with Gasteiger partial charge in [-0.3, -0.25) is 9.59 Å². The molecule has 1 aliphatic rings. The lowest BCUT2D eigenvalue weighted by atomic mass is 9.92. The molecule has 4 rings (SSSR count). The van der Waals surface area contributed by atoms with E-state index in [0.29, 0.717) is 18.7 Å². The molecule has 1 aromatic heterocycles. The van der Waals surface area contributed by atoms with E-state index in [0.717, 1.165) is 16.5 Å². The van der Waals surface area contributed by atoms with Crippen LogP contribution in [0.2, 0.25) is 0 Å². The van der Waals surface area contributed by atoms with Crippen molar-refractivity contribution in [3.63, 3.8) is 0 Å². The van der Waals surface area contributed by atoms with Crippen LogP contribution in [0.15, 0.2) is 77.1 Å². The van der Waals surface area contributed by atoms with Gasteiger partial charge in [0.1, 0.15) is 6.54 Å². The smallest absolute Gasteiger partial charge is 0.254 e. The fourth-order valence-corrected chi connectivity index (χ4v) is 5.43. The minimum Gasteiger partial charge on any atom is -0.330 e. The van der Waals surface area contributed by atoms with Gasteiger partial charge in [0.2, 0.25) is 5.91 Å². The Balaban J connectivity index is 1.61. The van der Waals surface area contributed by atoms with Gasteiger partial charge in [0.25, 0.3) is 5.91 Å². The Morgan fingerprint density at radius 2 is 2.00 bits per heavy atom. The summed E-state index contributed by atoms with van der Waals surface area (Å²) in [6, 6.07) is 17.6. The molecule has 6 heteroatoms. The predicted molar refractivity (Wildman–Crippen MR) is 133 cm³/mol. The molecule has 2 aromatic carbocycles. The van der Waals surface area contributed by atoms with Crippen LogP contribution < -0.4 is 0 Å². The van der Waals surface area contributed by atoms with E-state index in [1.165, 1.54) is 16.0 Å². The van der Waals surface area contributed by atoms with Crippen molar-refractivity contribution in [1.82, 2.24) is 9.80 Å². The van der Waals surface area contributed by atoms with E-state index < -0.39 is 0 Å². The van der Waals surface area contributed by atoms with Gasteiger partial charge in [0.05, 0.1) is 6.04 Å². The molecule has 4 nitrogen and oxygen atoms in total. The van der Waals surface area contributed by atoms with Gasteiger partial charge in [-0.15, -0.1) is 17.9 Å². The third kappa shape index (κ3) is 4.71. The van der Waals surface area contributed by atoms with Crippen LogP contribution in [0, 0.1) is 6.92 Å². The zero-order valence-corrected chi connectivity index (χ0v) is 20.4. The largest absolute Gasteiger partial charge is 0.330 e. The average Bonchev–Trinajstić information content (AvgIpc) is 3.27. The van der Waals surface area contributed by atoms with E-state index >= 15 is 0 Å². The summed E-state index contributed by atoms with van der Waals surface area (Å²) in [5.74, 6) is -0.239. The van der Waals surface area contributed by atoms with E-state index in [1.54, 1.807) is 34.4 Å². The van der Waals surface area contributed by atoms with Crippen molar-refractivity contribution in [2.75, 3.05) is 19.6 Å². The maximum atomic E-state index is 13.6. The molecule has 0 saturated heterocycles. The number of fused-ring (bicyclic) bond motifs is 1. The van der Waals surface area contributed by atoms with E-state index in [-0.39, 0.29) is 24.4 Å². The second-order valence-electron chi connectivity index (χ2n) is 7.93. The second kappa shape index (κ2) is 9.84. The number of halogens is 1. The monoisotopic (exact) mass is 508 g/mol. The van der Waals surface area contributed by atoms with Gasteiger partial charge in [0.15, 0.2) is 0 Å². The summed E-state index contributed by atoms with van der Waals surface area (Å²) in [4.78, 5) is 31.5. The van der Waals surface area contributed by atoms with Gasteiger partial charge in [0, 0.05) is 28.0 Å². The number of nitrogens with zero attached hydrogens (tertiary/aromatic N) is 2. The first-order valence-corrected chi connectivity index (χ1v) is 12.2. The van der Waals surface area contributed by atoms with Crippen LogP contribution in [0.25, 0.3) is 0 Å². The normalized spacial score (nSPS) is 15.2. The molecule has 1 aliphatic heterocycles. The van der Waals surface area contributed by atoms with Gasteiger partial charge >= 0.3 is 0 Å². The molecule has 164 valence electrons. The van der Waals surface area contributed by atoms with Crippen molar-refractivity contribution in [1.29, 1.82) is 0 Å². The van der Waals surface area contributed by atoms with E-state index in [9.17, 15) is 9.59 Å². The molecule has 1 unspecified atom stereocenters. The first kappa shape index (κ1) is 22.5. The summed E-state index contributed by atoms with van der Waals surface area (Å²) < 4.78 is 0.827. The summed E-state index contributed by atoms with van der Waals surface area (Å²) >= 11 is 5.16. The number of hydrogen-bond acceptors (Lipinski definition) is 3. The number of carbonyl (C=O) groups excluding carboxylic acids is 2. The molecule has 0 bridgehead atoms. The topological polar surface area (TPSA) is 40.6 Å². The predicted octanol–water partition coefficient (Wildman–Crippen LogP) is 5.62. The van der Waals surface area contributed by atoms with Crippen LogP contribution in [-0.4, -0.2) is 41.2 Å². The third-order valence-electron chi connectivity index (χ3n) is 5.71. The number of aryl methyl sites for hydroxylation is 1. The molecule has 0 radical (unpaired) electrons. The number of thiophene rings is 1.